The van der Waals surface area contributed by atoms with Crippen LogP contribution in [0.25, 0.3) is 0 Å². The van der Waals surface area contributed by atoms with E-state index in [2.05, 4.69) is 0 Å². The zero-order valence-electron chi connectivity index (χ0n) is 7.35. The van der Waals surface area contributed by atoms with Crippen LogP contribution in [0.4, 0.5) is 4.39 Å². The van der Waals surface area contributed by atoms with E-state index in [0.29, 0.717) is 0 Å². The molecule has 0 heterocycles. The summed E-state index contributed by atoms with van der Waals surface area (Å²) in [4.78, 5) is 0. The Bertz CT molecular complexity index is 116. The van der Waals surface area contributed by atoms with Crippen LogP contribution >= 0.6 is 0 Å². The Morgan fingerprint density at radius 2 is 2.18 bits per heavy atom. The molecule has 2 heteroatoms. The Kier molecular flexibility index (Phi) is 3.31. The molecule has 1 aliphatic rings. The van der Waals surface area contributed by atoms with E-state index in [-0.39, 0.29) is 12.0 Å². The smallest absolute Gasteiger partial charge is 0.105 e. The van der Waals surface area contributed by atoms with Crippen molar-refractivity contribution in [1.29, 1.82) is 0 Å². The minimum absolute atomic E-state index is 0.147. The second-order valence-electron chi connectivity index (χ2n) is 3.29. The predicted octanol–water partition coefficient (Wildman–Crippen LogP) is 2.55. The van der Waals surface area contributed by atoms with Crippen LogP contribution in [0.15, 0.2) is 0 Å². The first-order chi connectivity index (χ1) is 5.29. The molecule has 1 aliphatic carbocycles. The van der Waals surface area contributed by atoms with Gasteiger partial charge in [-0.15, -0.1) is 0 Å². The Labute approximate surface area is 67.9 Å². The summed E-state index contributed by atoms with van der Waals surface area (Å²) in [6, 6.07) is 0. The molecule has 3 atom stereocenters. The minimum Gasteiger partial charge on any atom is -0.381 e. The third kappa shape index (κ3) is 1.92. The summed E-state index contributed by atoms with van der Waals surface area (Å²) < 4.78 is 18.4. The third-order valence-corrected chi connectivity index (χ3v) is 2.68. The second kappa shape index (κ2) is 4.05. The van der Waals surface area contributed by atoms with Crippen LogP contribution in [0.1, 0.15) is 32.6 Å². The Morgan fingerprint density at radius 3 is 2.64 bits per heavy atom. The maximum atomic E-state index is 13.2. The number of rotatable bonds is 2. The van der Waals surface area contributed by atoms with Gasteiger partial charge in [0.05, 0.1) is 6.10 Å². The molecule has 1 fully saturated rings. The average Bonchev–Trinajstić information content (AvgIpc) is 2.04. The van der Waals surface area contributed by atoms with Crippen LogP contribution in [0, 0.1) is 5.92 Å². The van der Waals surface area contributed by atoms with Crippen LogP contribution in [-0.2, 0) is 4.74 Å². The maximum Gasteiger partial charge on any atom is 0.105 e. The molecule has 0 spiro atoms. The average molecular weight is 160 g/mol. The van der Waals surface area contributed by atoms with Crippen molar-refractivity contribution in [3.8, 4) is 0 Å². The Hall–Kier alpha value is -0.110. The van der Waals surface area contributed by atoms with Gasteiger partial charge < -0.3 is 4.74 Å². The highest BCUT2D eigenvalue weighted by Crippen LogP contribution is 2.31. The quantitative estimate of drug-likeness (QED) is 0.603. The number of ether oxygens (including phenoxy) is 1. The first kappa shape index (κ1) is 8.98. The van der Waals surface area contributed by atoms with Crippen LogP contribution in [0.3, 0.4) is 0 Å². The zero-order chi connectivity index (χ0) is 8.27. The van der Waals surface area contributed by atoms with E-state index in [9.17, 15) is 4.39 Å². The molecule has 0 N–H and O–H groups in total. The van der Waals surface area contributed by atoms with Crippen LogP contribution < -0.4 is 0 Å². The standard InChI is InChI=1S/C9H17FO/c1-3-7-8(10)5-4-6-9(7)11-2/h7-9H,3-6H2,1-2H3. The van der Waals surface area contributed by atoms with Gasteiger partial charge in [0.15, 0.2) is 0 Å². The summed E-state index contributed by atoms with van der Waals surface area (Å²) in [5.74, 6) is 0.147. The second-order valence-corrected chi connectivity index (χ2v) is 3.29. The molecule has 0 amide bonds. The van der Waals surface area contributed by atoms with E-state index in [0.717, 1.165) is 25.7 Å². The minimum atomic E-state index is -0.626. The maximum absolute atomic E-state index is 13.2. The number of alkyl halides is 1. The normalized spacial score (nSPS) is 39.0. The van der Waals surface area contributed by atoms with Gasteiger partial charge in [-0.2, -0.15) is 0 Å². The highest BCUT2D eigenvalue weighted by Gasteiger charge is 2.31. The predicted molar refractivity (Wildman–Crippen MR) is 43.3 cm³/mol. The van der Waals surface area contributed by atoms with E-state index in [1.165, 1.54) is 0 Å². The summed E-state index contributed by atoms with van der Waals surface area (Å²) in [5, 5.41) is 0. The summed E-state index contributed by atoms with van der Waals surface area (Å²) in [6.45, 7) is 2.04. The topological polar surface area (TPSA) is 9.23 Å². The van der Waals surface area contributed by atoms with Gasteiger partial charge in [-0.05, 0) is 25.7 Å². The molecule has 66 valence electrons. The zero-order valence-corrected chi connectivity index (χ0v) is 7.35. The first-order valence-corrected chi connectivity index (χ1v) is 4.46. The Morgan fingerprint density at radius 1 is 1.45 bits per heavy atom. The fourth-order valence-corrected chi connectivity index (χ4v) is 1.99. The van der Waals surface area contributed by atoms with Crippen LogP contribution in [0.2, 0.25) is 0 Å². The molecular weight excluding hydrogens is 143 g/mol. The van der Waals surface area contributed by atoms with Gasteiger partial charge in [-0.25, -0.2) is 4.39 Å². The van der Waals surface area contributed by atoms with E-state index in [1.54, 1.807) is 7.11 Å². The lowest BCUT2D eigenvalue weighted by Crippen LogP contribution is -2.34. The van der Waals surface area contributed by atoms with Crippen LogP contribution in [-0.4, -0.2) is 19.4 Å². The highest BCUT2D eigenvalue weighted by molar-refractivity contribution is 4.81. The van der Waals surface area contributed by atoms with Crippen molar-refractivity contribution in [2.45, 2.75) is 44.9 Å². The molecule has 1 rings (SSSR count). The van der Waals surface area contributed by atoms with Gasteiger partial charge in [-0.1, -0.05) is 6.92 Å². The number of halogens is 1. The van der Waals surface area contributed by atoms with Gasteiger partial charge in [0.2, 0.25) is 0 Å². The number of methoxy groups -OCH3 is 1. The number of hydrogen-bond donors (Lipinski definition) is 0. The first-order valence-electron chi connectivity index (χ1n) is 4.46. The van der Waals surface area contributed by atoms with Crippen LogP contribution in [0.5, 0.6) is 0 Å². The third-order valence-electron chi connectivity index (χ3n) is 2.68. The van der Waals surface area contributed by atoms with Crippen molar-refractivity contribution >= 4 is 0 Å². The molecule has 0 aromatic rings. The molecule has 3 unspecified atom stereocenters. The summed E-state index contributed by atoms with van der Waals surface area (Å²) in [6.07, 6.45) is 3.20. The molecule has 11 heavy (non-hydrogen) atoms. The van der Waals surface area contributed by atoms with Crippen molar-refractivity contribution < 1.29 is 9.13 Å². The summed E-state index contributed by atoms with van der Waals surface area (Å²) in [7, 11) is 1.69. The lowest BCUT2D eigenvalue weighted by molar-refractivity contribution is -0.0169. The SMILES string of the molecule is CCC1C(F)CCCC1OC. The monoisotopic (exact) mass is 160 g/mol. The van der Waals surface area contributed by atoms with E-state index >= 15 is 0 Å². The lowest BCUT2D eigenvalue weighted by Gasteiger charge is -2.32. The highest BCUT2D eigenvalue weighted by atomic mass is 19.1. The molecule has 0 bridgehead atoms. The molecule has 1 nitrogen and oxygen atoms in total. The van der Waals surface area contributed by atoms with Gasteiger partial charge in [0.1, 0.15) is 6.17 Å². The van der Waals surface area contributed by atoms with Crippen molar-refractivity contribution in [3.05, 3.63) is 0 Å². The fraction of sp³-hybridized carbons (Fsp3) is 1.00. The van der Waals surface area contributed by atoms with Gasteiger partial charge in [0.25, 0.3) is 0 Å². The number of hydrogen-bond acceptors (Lipinski definition) is 1. The lowest BCUT2D eigenvalue weighted by atomic mass is 9.83. The van der Waals surface area contributed by atoms with E-state index in [1.807, 2.05) is 6.92 Å². The molecular formula is C9H17FO. The van der Waals surface area contributed by atoms with E-state index < -0.39 is 6.17 Å². The fourth-order valence-electron chi connectivity index (χ4n) is 1.99. The summed E-state index contributed by atoms with van der Waals surface area (Å²) >= 11 is 0. The van der Waals surface area contributed by atoms with Crippen molar-refractivity contribution in [2.24, 2.45) is 5.92 Å². The van der Waals surface area contributed by atoms with Crippen molar-refractivity contribution in [2.75, 3.05) is 7.11 Å². The molecule has 0 aromatic heterocycles. The molecule has 0 aliphatic heterocycles. The van der Waals surface area contributed by atoms with Gasteiger partial charge >= 0.3 is 0 Å². The molecule has 0 saturated heterocycles. The van der Waals surface area contributed by atoms with Gasteiger partial charge in [-0.3, -0.25) is 0 Å². The Balaban J connectivity index is 2.48. The molecule has 1 saturated carbocycles. The van der Waals surface area contributed by atoms with Crippen molar-refractivity contribution in [1.82, 2.24) is 0 Å². The van der Waals surface area contributed by atoms with E-state index in [4.69, 9.17) is 4.74 Å². The molecule has 0 radical (unpaired) electrons. The largest absolute Gasteiger partial charge is 0.381 e. The molecule has 0 aromatic carbocycles. The van der Waals surface area contributed by atoms with Gasteiger partial charge in [0, 0.05) is 13.0 Å². The summed E-state index contributed by atoms with van der Waals surface area (Å²) in [5.41, 5.74) is 0. The van der Waals surface area contributed by atoms with Crippen molar-refractivity contribution in [3.63, 3.8) is 0 Å².